The number of hydrogen-bond acceptors (Lipinski definition) is 2. The second-order valence-electron chi connectivity index (χ2n) is 5.26. The van der Waals surface area contributed by atoms with Gasteiger partial charge < -0.3 is 0 Å². The molecule has 0 radical (unpaired) electrons. The normalized spacial score (nSPS) is 11.6. The van der Waals surface area contributed by atoms with Gasteiger partial charge in [-0.1, -0.05) is 59.9 Å². The van der Waals surface area contributed by atoms with Crippen LogP contribution < -0.4 is 0 Å². The molecule has 116 valence electrons. The molecule has 0 aliphatic carbocycles. The molecule has 1 heterocycles. The van der Waals surface area contributed by atoms with Crippen LogP contribution in [-0.4, -0.2) is 4.98 Å². The Labute approximate surface area is 146 Å². The molecule has 1 aromatic heterocycles. The van der Waals surface area contributed by atoms with Gasteiger partial charge in [-0.3, -0.25) is 4.98 Å². The highest BCUT2D eigenvalue weighted by molar-refractivity contribution is 9.10. The van der Waals surface area contributed by atoms with Crippen LogP contribution in [0.25, 0.3) is 6.08 Å². The number of allylic oxidation sites excluding steroid dienone is 1. The van der Waals surface area contributed by atoms with Gasteiger partial charge in [0, 0.05) is 21.8 Å². The Kier molecular flexibility index (Phi) is 7.75. The minimum Gasteiger partial charge on any atom is -0.264 e. The number of unbranched alkanes of at least 4 members (excludes halogenated alkanes) is 3. The number of halogens is 1. The monoisotopic (exact) mass is 375 g/mol. The summed E-state index contributed by atoms with van der Waals surface area (Å²) in [6, 6.07) is 12.6. The van der Waals surface area contributed by atoms with Gasteiger partial charge in [-0.2, -0.15) is 0 Å². The summed E-state index contributed by atoms with van der Waals surface area (Å²) in [5, 5.41) is 0. The van der Waals surface area contributed by atoms with Crippen molar-refractivity contribution in [3.05, 3.63) is 63.7 Å². The lowest BCUT2D eigenvalue weighted by molar-refractivity contribution is 0.673. The molecule has 1 aromatic carbocycles. The third-order valence-corrected chi connectivity index (χ3v) is 4.97. The molecule has 0 unspecified atom stereocenters. The summed E-state index contributed by atoms with van der Waals surface area (Å²) in [4.78, 5) is 6.90. The highest BCUT2D eigenvalue weighted by Gasteiger charge is 2.03. The number of pyridine rings is 1. The average Bonchev–Trinajstić information content (AvgIpc) is 2.54. The molecule has 0 N–H and O–H groups in total. The predicted molar refractivity (Wildman–Crippen MR) is 101 cm³/mol. The molecule has 2 rings (SSSR count). The topological polar surface area (TPSA) is 12.9 Å². The van der Waals surface area contributed by atoms with Gasteiger partial charge in [0.25, 0.3) is 0 Å². The van der Waals surface area contributed by atoms with Gasteiger partial charge in [0.2, 0.25) is 0 Å². The zero-order valence-electron chi connectivity index (χ0n) is 13.0. The standard InChI is InChI=1S/C19H22BrNS/c1-2-3-4-5-8-19(14-16-7-6-13-21-15-16)22-18-11-9-17(20)10-12-18/h6-7,9-15H,2-5,8H2,1H3/b19-14-. The maximum absolute atomic E-state index is 4.21. The van der Waals surface area contributed by atoms with E-state index in [1.807, 2.05) is 30.2 Å². The van der Waals surface area contributed by atoms with Gasteiger partial charge in [0.15, 0.2) is 0 Å². The Bertz CT molecular complexity index is 578. The van der Waals surface area contributed by atoms with Crippen molar-refractivity contribution in [3.8, 4) is 0 Å². The molecule has 0 aliphatic heterocycles. The van der Waals surface area contributed by atoms with Gasteiger partial charge in [-0.15, -0.1) is 0 Å². The van der Waals surface area contributed by atoms with Crippen LogP contribution in [0.3, 0.4) is 0 Å². The summed E-state index contributed by atoms with van der Waals surface area (Å²) in [5.41, 5.74) is 1.18. The van der Waals surface area contributed by atoms with Gasteiger partial charge >= 0.3 is 0 Å². The first-order valence-corrected chi connectivity index (χ1v) is 9.43. The lowest BCUT2D eigenvalue weighted by Crippen LogP contribution is -1.84. The van der Waals surface area contributed by atoms with Crippen LogP contribution in [0.5, 0.6) is 0 Å². The van der Waals surface area contributed by atoms with Crippen molar-refractivity contribution < 1.29 is 0 Å². The molecule has 0 aliphatic rings. The van der Waals surface area contributed by atoms with Crippen LogP contribution in [0.1, 0.15) is 44.6 Å². The van der Waals surface area contributed by atoms with E-state index in [0.717, 1.165) is 10.9 Å². The van der Waals surface area contributed by atoms with Gasteiger partial charge in [0.05, 0.1) is 0 Å². The molecule has 0 fully saturated rings. The summed E-state index contributed by atoms with van der Waals surface area (Å²) in [6.45, 7) is 2.25. The van der Waals surface area contributed by atoms with Crippen LogP contribution in [0, 0.1) is 0 Å². The van der Waals surface area contributed by atoms with Gasteiger partial charge in [-0.25, -0.2) is 0 Å². The zero-order chi connectivity index (χ0) is 15.6. The highest BCUT2D eigenvalue weighted by atomic mass is 79.9. The Morgan fingerprint density at radius 1 is 1.14 bits per heavy atom. The summed E-state index contributed by atoms with van der Waals surface area (Å²) in [7, 11) is 0. The maximum atomic E-state index is 4.21. The lowest BCUT2D eigenvalue weighted by Gasteiger charge is -2.08. The summed E-state index contributed by atoms with van der Waals surface area (Å²) in [5.74, 6) is 0. The zero-order valence-corrected chi connectivity index (χ0v) is 15.4. The van der Waals surface area contributed by atoms with Crippen molar-refractivity contribution in [1.29, 1.82) is 0 Å². The van der Waals surface area contributed by atoms with E-state index in [0.29, 0.717) is 0 Å². The quantitative estimate of drug-likeness (QED) is 0.365. The van der Waals surface area contributed by atoms with E-state index < -0.39 is 0 Å². The number of benzene rings is 1. The minimum absolute atomic E-state index is 1.12. The van der Waals surface area contributed by atoms with E-state index in [4.69, 9.17) is 0 Å². The number of rotatable bonds is 8. The van der Waals surface area contributed by atoms with Crippen LogP contribution in [0.2, 0.25) is 0 Å². The third-order valence-electron chi connectivity index (χ3n) is 3.35. The van der Waals surface area contributed by atoms with Crippen molar-refractivity contribution in [3.63, 3.8) is 0 Å². The first-order valence-electron chi connectivity index (χ1n) is 7.82. The number of thioether (sulfide) groups is 1. The minimum atomic E-state index is 1.12. The molecule has 0 amide bonds. The fraction of sp³-hybridized carbons (Fsp3) is 0.316. The molecule has 3 heteroatoms. The summed E-state index contributed by atoms with van der Waals surface area (Å²) < 4.78 is 1.12. The molecular formula is C19H22BrNS. The molecular weight excluding hydrogens is 354 g/mol. The van der Waals surface area contributed by atoms with E-state index in [2.05, 4.69) is 64.2 Å². The second kappa shape index (κ2) is 9.86. The average molecular weight is 376 g/mol. The Hall–Kier alpha value is -1.06. The van der Waals surface area contributed by atoms with Gasteiger partial charge in [0.1, 0.15) is 0 Å². The van der Waals surface area contributed by atoms with Crippen LogP contribution in [-0.2, 0) is 0 Å². The smallest absolute Gasteiger partial charge is 0.0340 e. The highest BCUT2D eigenvalue weighted by Crippen LogP contribution is 2.32. The molecule has 0 atom stereocenters. The fourth-order valence-electron chi connectivity index (χ4n) is 2.18. The van der Waals surface area contributed by atoms with Gasteiger partial charge in [-0.05, 0) is 59.7 Å². The van der Waals surface area contributed by atoms with Crippen LogP contribution in [0.15, 0.2) is 63.1 Å². The van der Waals surface area contributed by atoms with Crippen molar-refractivity contribution in [2.24, 2.45) is 0 Å². The SMILES string of the molecule is CCCCCC/C(=C/c1cccnc1)Sc1ccc(Br)cc1. The largest absolute Gasteiger partial charge is 0.264 e. The number of nitrogens with zero attached hydrogens (tertiary/aromatic N) is 1. The predicted octanol–water partition coefficient (Wildman–Crippen LogP) is 6.95. The van der Waals surface area contributed by atoms with Crippen molar-refractivity contribution in [1.82, 2.24) is 4.98 Å². The summed E-state index contributed by atoms with van der Waals surface area (Å²) >= 11 is 5.36. The van der Waals surface area contributed by atoms with Crippen molar-refractivity contribution in [2.45, 2.75) is 43.9 Å². The number of hydrogen-bond donors (Lipinski definition) is 0. The molecule has 1 nitrogen and oxygen atoms in total. The van der Waals surface area contributed by atoms with Crippen LogP contribution >= 0.6 is 27.7 Å². The third kappa shape index (κ3) is 6.37. The molecule has 0 saturated carbocycles. The van der Waals surface area contributed by atoms with Crippen molar-refractivity contribution in [2.75, 3.05) is 0 Å². The maximum Gasteiger partial charge on any atom is 0.0340 e. The molecule has 0 saturated heterocycles. The Morgan fingerprint density at radius 2 is 1.95 bits per heavy atom. The van der Waals surface area contributed by atoms with E-state index in [9.17, 15) is 0 Å². The van der Waals surface area contributed by atoms with Crippen LogP contribution in [0.4, 0.5) is 0 Å². The number of aromatic nitrogens is 1. The molecule has 0 spiro atoms. The molecule has 22 heavy (non-hydrogen) atoms. The first-order chi connectivity index (χ1) is 10.8. The van der Waals surface area contributed by atoms with E-state index in [1.165, 1.54) is 41.0 Å². The van der Waals surface area contributed by atoms with E-state index >= 15 is 0 Å². The Morgan fingerprint density at radius 3 is 2.64 bits per heavy atom. The molecule has 2 aromatic rings. The van der Waals surface area contributed by atoms with E-state index in [-0.39, 0.29) is 0 Å². The first kappa shape index (κ1) is 17.3. The summed E-state index contributed by atoms with van der Waals surface area (Å²) in [6.07, 6.45) is 12.3. The fourth-order valence-corrected chi connectivity index (χ4v) is 3.46. The van der Waals surface area contributed by atoms with Crippen molar-refractivity contribution >= 4 is 33.8 Å². The Balaban J connectivity index is 2.07. The lowest BCUT2D eigenvalue weighted by atomic mass is 10.1. The second-order valence-corrected chi connectivity index (χ2v) is 7.38. The molecule has 0 bridgehead atoms. The van der Waals surface area contributed by atoms with E-state index in [1.54, 1.807) is 0 Å².